The first-order valence-electron chi connectivity index (χ1n) is 14.7. The summed E-state index contributed by atoms with van der Waals surface area (Å²) in [6, 6.07) is 17.0. The number of piperidine rings is 1. The number of hydrogen-bond acceptors (Lipinski definition) is 7. The van der Waals surface area contributed by atoms with E-state index >= 15 is 0 Å². The van der Waals surface area contributed by atoms with Crippen LogP contribution in [0.25, 0.3) is 0 Å². The van der Waals surface area contributed by atoms with E-state index in [0.29, 0.717) is 17.7 Å². The smallest absolute Gasteiger partial charge is 0.416 e. The van der Waals surface area contributed by atoms with Crippen molar-refractivity contribution in [3.8, 4) is 5.75 Å². The van der Waals surface area contributed by atoms with Crippen molar-refractivity contribution in [1.29, 1.82) is 0 Å². The summed E-state index contributed by atoms with van der Waals surface area (Å²) in [7, 11) is 1.16. The second kappa shape index (κ2) is 14.5. The molecule has 1 heterocycles. The van der Waals surface area contributed by atoms with Gasteiger partial charge in [0.15, 0.2) is 5.94 Å². The van der Waals surface area contributed by atoms with Crippen molar-refractivity contribution >= 4 is 12.0 Å². The number of carbonyl (C=O) groups is 1. The van der Waals surface area contributed by atoms with E-state index in [1.165, 1.54) is 25.0 Å². The number of halogens is 6. The minimum Gasteiger partial charge on any atom is -0.487 e. The van der Waals surface area contributed by atoms with E-state index in [9.17, 15) is 46.0 Å². The Morgan fingerprint density at radius 1 is 0.980 bits per heavy atom. The van der Waals surface area contributed by atoms with Gasteiger partial charge in [0.1, 0.15) is 5.75 Å². The van der Waals surface area contributed by atoms with Crippen LogP contribution in [0.4, 0.5) is 31.1 Å². The second-order valence-corrected chi connectivity index (χ2v) is 11.3. The number of amides is 1. The fraction of sp³-hybridized carbons (Fsp3) is 0.324. The molecule has 15 heteroatoms. The number of carbonyl (C=O) groups excluding carboxylic acids is 2. The molecular formula is C34H30F6N2O7. The maximum atomic E-state index is 14.0. The van der Waals surface area contributed by atoms with Crippen molar-refractivity contribution in [1.82, 2.24) is 4.90 Å². The number of rotatable bonds is 10. The molecule has 3 aromatic rings. The summed E-state index contributed by atoms with van der Waals surface area (Å²) in [5.41, 5.74) is -6.66. The Bertz CT molecular complexity index is 1690. The van der Waals surface area contributed by atoms with Gasteiger partial charge in [0.05, 0.1) is 43.0 Å². The molecule has 0 radical (unpaired) electrons. The van der Waals surface area contributed by atoms with E-state index in [4.69, 9.17) is 14.2 Å². The lowest BCUT2D eigenvalue weighted by atomic mass is 9.74. The first-order valence-corrected chi connectivity index (χ1v) is 14.7. The molecule has 0 spiro atoms. The van der Waals surface area contributed by atoms with E-state index in [0.717, 1.165) is 24.2 Å². The van der Waals surface area contributed by atoms with Gasteiger partial charge in [-0.3, -0.25) is 15.0 Å². The second-order valence-electron chi connectivity index (χ2n) is 11.3. The zero-order valence-electron chi connectivity index (χ0n) is 26.1. The van der Waals surface area contributed by atoms with Gasteiger partial charge in [-0.05, 0) is 67.0 Å². The first kappa shape index (κ1) is 36.7. The molecule has 0 aromatic heterocycles. The highest BCUT2D eigenvalue weighted by molar-refractivity contribution is 5.72. The zero-order chi connectivity index (χ0) is 36.0. The first-order chi connectivity index (χ1) is 23.0. The number of benzene rings is 3. The van der Waals surface area contributed by atoms with Crippen LogP contribution in [0.2, 0.25) is 0 Å². The molecule has 0 bridgehead atoms. The lowest BCUT2D eigenvalue weighted by Crippen LogP contribution is -2.64. The highest BCUT2D eigenvalue weighted by Gasteiger charge is 2.57. The van der Waals surface area contributed by atoms with Crippen LogP contribution >= 0.6 is 0 Å². The summed E-state index contributed by atoms with van der Waals surface area (Å²) in [5.74, 6) is 1.24. The summed E-state index contributed by atoms with van der Waals surface area (Å²) in [5, 5.41) is 12.6. The number of ether oxygens (including phenoxy) is 3. The van der Waals surface area contributed by atoms with E-state index in [1.807, 2.05) is 0 Å². The molecule has 1 saturated heterocycles. The lowest BCUT2D eigenvalue weighted by Gasteiger charge is -2.49. The topological polar surface area (TPSA) is 108 Å². The minimum atomic E-state index is -5.09. The van der Waals surface area contributed by atoms with Crippen molar-refractivity contribution in [2.24, 2.45) is 0 Å². The molecule has 1 aliphatic rings. The average molecular weight is 693 g/mol. The number of likely N-dealkylation sites (tertiary alicyclic amines) is 1. The summed E-state index contributed by atoms with van der Waals surface area (Å²) in [6.45, 7) is 0.0903. The van der Waals surface area contributed by atoms with E-state index in [-0.39, 0.29) is 30.4 Å². The molecule has 3 aromatic carbocycles. The summed E-state index contributed by atoms with van der Waals surface area (Å²) in [6.07, 6.45) is -10.9. The molecule has 0 aliphatic carbocycles. The number of allylic oxidation sites excluding steroid dienone is 1. The molecule has 0 N–H and O–H groups in total. The number of hydrogen-bond donors (Lipinski definition) is 0. The Morgan fingerprint density at radius 3 is 2.06 bits per heavy atom. The Labute approximate surface area is 276 Å². The summed E-state index contributed by atoms with van der Waals surface area (Å²) >= 11 is 0. The zero-order valence-corrected chi connectivity index (χ0v) is 26.1. The third-order valence-electron chi connectivity index (χ3n) is 8.28. The molecule has 1 aliphatic heterocycles. The normalized spacial score (nSPS) is 20.4. The number of nitrogens with zero attached hydrogens (tertiary/aromatic N) is 2. The van der Waals surface area contributed by atoms with Gasteiger partial charge in [0.2, 0.25) is 5.76 Å². The van der Waals surface area contributed by atoms with Crippen LogP contribution in [0.15, 0.2) is 96.8 Å². The highest BCUT2D eigenvalue weighted by Crippen LogP contribution is 2.45. The van der Waals surface area contributed by atoms with Gasteiger partial charge in [-0.1, -0.05) is 48.5 Å². The van der Waals surface area contributed by atoms with Crippen LogP contribution in [0.1, 0.15) is 48.1 Å². The van der Waals surface area contributed by atoms with Crippen LogP contribution in [-0.2, 0) is 32.2 Å². The Balaban J connectivity index is 1.82. The number of methoxy groups -OCH3 is 1. The van der Waals surface area contributed by atoms with Crippen LogP contribution < -0.4 is 4.74 Å². The molecule has 0 saturated carbocycles. The van der Waals surface area contributed by atoms with Gasteiger partial charge in [-0.25, -0.2) is 9.59 Å². The quantitative estimate of drug-likeness (QED) is 0.0531. The maximum Gasteiger partial charge on any atom is 0.416 e. The largest absolute Gasteiger partial charge is 0.487 e. The molecule has 9 nitrogen and oxygen atoms in total. The average Bonchev–Trinajstić information content (AvgIpc) is 3.07. The van der Waals surface area contributed by atoms with Gasteiger partial charge in [0.25, 0.3) is 5.54 Å². The summed E-state index contributed by atoms with van der Waals surface area (Å²) in [4.78, 5) is 38.3. The van der Waals surface area contributed by atoms with Crippen LogP contribution in [0.5, 0.6) is 5.75 Å². The Morgan fingerprint density at radius 2 is 1.55 bits per heavy atom. The van der Waals surface area contributed by atoms with Gasteiger partial charge in [-0.15, -0.1) is 0 Å². The van der Waals surface area contributed by atoms with Gasteiger partial charge in [-0.2, -0.15) is 26.3 Å². The predicted octanol–water partition coefficient (Wildman–Crippen LogP) is 7.93. The highest BCUT2D eigenvalue weighted by atomic mass is 19.4. The fourth-order valence-corrected chi connectivity index (χ4v) is 5.52. The van der Waals surface area contributed by atoms with Crippen LogP contribution in [0.3, 0.4) is 0 Å². The minimum absolute atomic E-state index is 0.00361. The van der Waals surface area contributed by atoms with Crippen molar-refractivity contribution in [3.63, 3.8) is 0 Å². The third kappa shape index (κ3) is 8.30. The standard InChI is InChI=1S/C34H30F6N2O7/c1-23(24-17-26(33(35,36)37)19-27(18-24)34(38,39)40)48-22-32(25-9-5-3-6-10-25)16-15-31(42(45)46,14-13-29(20-43)47-2)21-41(32)30(44)49-28-11-7-4-8-12-28/h3-14,17-19,23H,15-16,21-22H2,1-2H3/b14-13+/t23?,31?,32-/m1/s1. The van der Waals surface area contributed by atoms with Crippen LogP contribution in [-0.4, -0.2) is 47.7 Å². The predicted molar refractivity (Wildman–Crippen MR) is 162 cm³/mol. The van der Waals surface area contributed by atoms with Gasteiger partial charge < -0.3 is 14.2 Å². The molecule has 49 heavy (non-hydrogen) atoms. The Kier molecular flexibility index (Phi) is 10.9. The number of alkyl halides is 6. The molecule has 3 atom stereocenters. The SMILES string of the molecule is COC(=C=O)/C=C/C1([N+](=O)[O-])CC[C@@](COC(C)c2cc(C(F)(F)F)cc(C(F)(F)F)c2)(c2ccccc2)N(C(=O)Oc2ccccc2)C1. The van der Waals surface area contributed by atoms with E-state index < -0.39 is 70.4 Å². The molecule has 2 unspecified atom stereocenters. The monoisotopic (exact) mass is 692 g/mol. The molecule has 4 rings (SSSR count). The summed E-state index contributed by atoms with van der Waals surface area (Å²) < 4.78 is 98.2. The van der Waals surface area contributed by atoms with Crippen LogP contribution in [0, 0.1) is 10.1 Å². The van der Waals surface area contributed by atoms with Gasteiger partial charge >= 0.3 is 18.4 Å². The maximum absolute atomic E-state index is 14.0. The third-order valence-corrected chi connectivity index (χ3v) is 8.28. The number of nitro groups is 1. The van der Waals surface area contributed by atoms with Crippen molar-refractivity contribution < 1.29 is 55.1 Å². The molecule has 260 valence electrons. The molecule has 1 amide bonds. The fourth-order valence-electron chi connectivity index (χ4n) is 5.52. The van der Waals surface area contributed by atoms with Crippen molar-refractivity contribution in [3.05, 3.63) is 129 Å². The molecule has 1 fully saturated rings. The van der Waals surface area contributed by atoms with E-state index in [2.05, 4.69) is 0 Å². The molecular weight excluding hydrogens is 662 g/mol. The van der Waals surface area contributed by atoms with Gasteiger partial charge in [0, 0.05) is 11.3 Å². The van der Waals surface area contributed by atoms with E-state index in [1.54, 1.807) is 48.5 Å². The Hall–Kier alpha value is -5.14. The van der Waals surface area contributed by atoms with Crippen molar-refractivity contribution in [2.45, 2.75) is 49.3 Å². The van der Waals surface area contributed by atoms with Crippen molar-refractivity contribution in [2.75, 3.05) is 20.3 Å². The number of para-hydroxylation sites is 1. The lowest BCUT2D eigenvalue weighted by molar-refractivity contribution is -0.561.